The lowest BCUT2D eigenvalue weighted by Gasteiger charge is -2.48. The Labute approximate surface area is 384 Å². The predicted octanol–water partition coefficient (Wildman–Crippen LogP) is 5.34. The van der Waals surface area contributed by atoms with Crippen molar-refractivity contribution in [1.82, 2.24) is 38.9 Å². The van der Waals surface area contributed by atoms with E-state index in [-0.39, 0.29) is 82.0 Å². The summed E-state index contributed by atoms with van der Waals surface area (Å²) in [4.78, 5) is 82.8. The summed E-state index contributed by atoms with van der Waals surface area (Å²) in [6, 6.07) is 12.9. The van der Waals surface area contributed by atoms with Gasteiger partial charge in [0.25, 0.3) is 11.8 Å². The minimum atomic E-state index is -3.91. The number of carbonyl (C=O) groups is 5. The highest BCUT2D eigenvalue weighted by molar-refractivity contribution is 7.89. The Morgan fingerprint density at radius 3 is 2.28 bits per heavy atom. The molecule has 7 heterocycles. The molecule has 5 aliphatic heterocycles. The molecule has 3 aromatic carbocycles. The number of halogens is 2. The molecule has 5 amide bonds. The van der Waals surface area contributed by atoms with E-state index < -0.39 is 57.2 Å². The van der Waals surface area contributed by atoms with Gasteiger partial charge in [-0.15, -0.1) is 0 Å². The number of likely N-dealkylation sites (tertiary alicyclic amines) is 1. The molecule has 4 fully saturated rings. The summed E-state index contributed by atoms with van der Waals surface area (Å²) in [6.45, 7) is 8.20. The van der Waals surface area contributed by atoms with E-state index in [4.69, 9.17) is 0 Å². The van der Waals surface area contributed by atoms with Gasteiger partial charge in [-0.1, -0.05) is 6.07 Å². The van der Waals surface area contributed by atoms with Crippen LogP contribution in [0, 0.1) is 29.9 Å². The minimum absolute atomic E-state index is 0.00281. The zero-order chi connectivity index (χ0) is 47.1. The molecule has 0 radical (unpaired) electrons. The van der Waals surface area contributed by atoms with Gasteiger partial charge in [0, 0.05) is 63.0 Å². The lowest BCUT2D eigenvalue weighted by molar-refractivity contribution is -0.141. The Bertz CT molecular complexity index is 3010. The number of aromatic nitrogens is 4. The second kappa shape index (κ2) is 16.6. The summed E-state index contributed by atoms with van der Waals surface area (Å²) in [5.74, 6) is -3.38. The Morgan fingerprint density at radius 1 is 0.896 bits per heavy atom. The lowest BCUT2D eigenvalue weighted by Crippen LogP contribution is -2.58. The van der Waals surface area contributed by atoms with E-state index in [1.165, 1.54) is 34.6 Å². The summed E-state index contributed by atoms with van der Waals surface area (Å²) in [7, 11) is -3.91. The van der Waals surface area contributed by atoms with Crippen molar-refractivity contribution in [2.45, 2.75) is 76.3 Å². The van der Waals surface area contributed by atoms with Crippen molar-refractivity contribution >= 4 is 67.9 Å². The first-order chi connectivity index (χ1) is 32.0. The number of sulfonamides is 1. The van der Waals surface area contributed by atoms with Gasteiger partial charge in [0.15, 0.2) is 11.6 Å². The van der Waals surface area contributed by atoms with Crippen molar-refractivity contribution in [3.63, 3.8) is 0 Å². The average molecular weight is 935 g/mol. The van der Waals surface area contributed by atoms with Gasteiger partial charge in [-0.05, 0) is 107 Å². The molecule has 20 heteroatoms. The fraction of sp³-hybridized carbons (Fsp3) is 0.404. The molecule has 5 aromatic rings. The van der Waals surface area contributed by atoms with E-state index in [2.05, 4.69) is 30.5 Å². The Balaban J connectivity index is 0.723. The van der Waals surface area contributed by atoms with E-state index in [1.54, 1.807) is 25.1 Å². The molecule has 2 N–H and O–H groups in total. The number of carbonyl (C=O) groups excluding carboxylic acids is 5. The highest BCUT2D eigenvalue weighted by atomic mass is 32.2. The summed E-state index contributed by atoms with van der Waals surface area (Å²) in [5, 5.41) is 5.21. The average Bonchev–Trinajstić information content (AvgIpc) is 3.76. The van der Waals surface area contributed by atoms with Gasteiger partial charge in [0.2, 0.25) is 33.7 Å². The van der Waals surface area contributed by atoms with Crippen LogP contribution in [0.1, 0.15) is 85.0 Å². The standard InChI is InChI=1S/C47H48F2N10O7S/c1-26(2)58-27(3)51-41-33(48)21-28(22-37(41)58)40-34(49)23-50-46(54-40)52-30-7-9-31(10-8-30)67(65,66)57-24-29(25-57)43(62)56-19-15-47(16-20-56)13-17-55(18-14-47)35-6-4-5-32-39(35)45(64)59(44(32)63)36-11-12-38(60)53-42(36)61/h4-10,21-23,26,29,36H,11-20,24-25H2,1-3H3,(H,50,52,54)(H,53,60,61). The molecule has 1 spiro atoms. The molecular formula is C47H48F2N10O7S. The zero-order valence-corrected chi connectivity index (χ0v) is 37.9. The number of anilines is 3. The number of nitrogens with zero attached hydrogens (tertiary/aromatic N) is 8. The molecule has 2 aromatic heterocycles. The van der Waals surface area contributed by atoms with Crippen molar-refractivity contribution < 1.29 is 41.2 Å². The van der Waals surface area contributed by atoms with E-state index in [1.807, 2.05) is 29.4 Å². The van der Waals surface area contributed by atoms with Gasteiger partial charge < -0.3 is 19.7 Å². The summed E-state index contributed by atoms with van der Waals surface area (Å²) in [5.41, 5.74) is 2.40. The van der Waals surface area contributed by atoms with Crippen LogP contribution in [0.2, 0.25) is 0 Å². The topological polar surface area (TPSA) is 200 Å². The normalized spacial score (nSPS) is 20.2. The van der Waals surface area contributed by atoms with Gasteiger partial charge in [0.05, 0.1) is 39.3 Å². The number of hydrogen-bond acceptors (Lipinski definition) is 12. The number of rotatable bonds is 9. The molecular weight excluding hydrogens is 887 g/mol. The number of piperidine rings is 3. The number of fused-ring (bicyclic) bond motifs is 2. The quantitative estimate of drug-likeness (QED) is 0.180. The smallest absolute Gasteiger partial charge is 0.264 e. The SMILES string of the molecule is Cc1nc2c(F)cc(-c3nc(Nc4ccc(S(=O)(=O)N5CC(C(=O)N6CCC7(CC6)CCN(c6cccc8c6C(=O)N(C6CCC(=O)NC6=O)C8=O)CC7)C5)cc4)ncc3F)cc2n1C(C)C. The number of hydrogen-bond donors (Lipinski definition) is 2. The molecule has 1 unspecified atom stereocenters. The van der Waals surface area contributed by atoms with Gasteiger partial charge in [0.1, 0.15) is 23.1 Å². The van der Waals surface area contributed by atoms with Crippen molar-refractivity contribution in [2.24, 2.45) is 11.3 Å². The monoisotopic (exact) mass is 934 g/mol. The summed E-state index contributed by atoms with van der Waals surface area (Å²) >= 11 is 0. The molecule has 348 valence electrons. The Kier molecular flexibility index (Phi) is 10.9. The number of imide groups is 2. The number of amides is 5. The van der Waals surface area contributed by atoms with Gasteiger partial charge in [-0.2, -0.15) is 4.31 Å². The zero-order valence-electron chi connectivity index (χ0n) is 37.1. The van der Waals surface area contributed by atoms with Crippen LogP contribution in [-0.2, 0) is 24.4 Å². The lowest BCUT2D eigenvalue weighted by atomic mass is 9.71. The first-order valence-electron chi connectivity index (χ1n) is 22.5. The highest BCUT2D eigenvalue weighted by Gasteiger charge is 2.48. The van der Waals surface area contributed by atoms with Crippen LogP contribution < -0.4 is 15.5 Å². The molecule has 0 bridgehead atoms. The van der Waals surface area contributed by atoms with Crippen LogP contribution in [0.4, 0.5) is 26.1 Å². The largest absolute Gasteiger partial charge is 0.371 e. The van der Waals surface area contributed by atoms with E-state index in [0.29, 0.717) is 48.9 Å². The third-order valence-electron chi connectivity index (χ3n) is 14.2. The second-order valence-electron chi connectivity index (χ2n) is 18.5. The van der Waals surface area contributed by atoms with E-state index >= 15 is 8.78 Å². The fourth-order valence-corrected chi connectivity index (χ4v) is 11.9. The number of nitrogens with one attached hydrogen (secondary N) is 2. The van der Waals surface area contributed by atoms with Crippen LogP contribution in [0.15, 0.2) is 65.7 Å². The maximum atomic E-state index is 15.2. The molecule has 67 heavy (non-hydrogen) atoms. The van der Waals surface area contributed by atoms with Crippen LogP contribution in [0.25, 0.3) is 22.3 Å². The van der Waals surface area contributed by atoms with Gasteiger partial charge >= 0.3 is 0 Å². The van der Waals surface area contributed by atoms with Crippen LogP contribution in [0.3, 0.4) is 0 Å². The number of imidazole rings is 1. The van der Waals surface area contributed by atoms with Crippen molar-refractivity contribution in [2.75, 3.05) is 49.5 Å². The predicted molar refractivity (Wildman–Crippen MR) is 241 cm³/mol. The fourth-order valence-electron chi connectivity index (χ4n) is 10.4. The third-order valence-corrected chi connectivity index (χ3v) is 16.0. The second-order valence-corrected chi connectivity index (χ2v) is 20.4. The molecule has 5 aliphatic rings. The molecule has 0 aliphatic carbocycles. The Morgan fingerprint density at radius 2 is 1.60 bits per heavy atom. The maximum Gasteiger partial charge on any atom is 0.264 e. The maximum absolute atomic E-state index is 15.2. The summed E-state index contributed by atoms with van der Waals surface area (Å²) in [6.07, 6.45) is 4.34. The van der Waals surface area contributed by atoms with E-state index in [9.17, 15) is 32.4 Å². The van der Waals surface area contributed by atoms with Crippen LogP contribution >= 0.6 is 0 Å². The molecule has 10 rings (SSSR count). The molecule has 17 nitrogen and oxygen atoms in total. The minimum Gasteiger partial charge on any atom is -0.371 e. The van der Waals surface area contributed by atoms with Gasteiger partial charge in [-0.3, -0.25) is 34.2 Å². The van der Waals surface area contributed by atoms with Gasteiger partial charge in [-0.25, -0.2) is 32.2 Å². The van der Waals surface area contributed by atoms with Crippen LogP contribution in [-0.4, -0.2) is 117 Å². The molecule has 1 atom stereocenters. The number of benzene rings is 3. The first-order valence-corrected chi connectivity index (χ1v) is 23.9. The summed E-state index contributed by atoms with van der Waals surface area (Å²) < 4.78 is 60.7. The molecule has 4 saturated heterocycles. The highest BCUT2D eigenvalue weighted by Crippen LogP contribution is 2.44. The molecule has 0 saturated carbocycles. The number of aryl methyl sites for hydroxylation is 1. The Hall–Kier alpha value is -6.67. The van der Waals surface area contributed by atoms with E-state index in [0.717, 1.165) is 36.8 Å². The van der Waals surface area contributed by atoms with Crippen LogP contribution in [0.5, 0.6) is 0 Å². The van der Waals surface area contributed by atoms with Crippen molar-refractivity contribution in [1.29, 1.82) is 0 Å². The third kappa shape index (κ3) is 7.68. The first kappa shape index (κ1) is 44.2. The van der Waals surface area contributed by atoms with Crippen molar-refractivity contribution in [3.05, 3.63) is 89.4 Å². The van der Waals surface area contributed by atoms with Crippen molar-refractivity contribution in [3.8, 4) is 11.3 Å².